The van der Waals surface area contributed by atoms with Crippen molar-refractivity contribution in [2.24, 2.45) is 17.6 Å². The van der Waals surface area contributed by atoms with Crippen molar-refractivity contribution >= 4 is 0 Å². The van der Waals surface area contributed by atoms with Crippen molar-refractivity contribution in [1.82, 2.24) is 4.90 Å². The number of hydrogen-bond donors (Lipinski definition) is 1. The number of rotatable bonds is 4. The molecule has 17 heavy (non-hydrogen) atoms. The molecule has 1 aliphatic carbocycles. The summed E-state index contributed by atoms with van der Waals surface area (Å²) in [7, 11) is 1.82. The molecule has 1 aliphatic heterocycles. The predicted molar refractivity (Wildman–Crippen MR) is 71.0 cm³/mol. The molecule has 3 nitrogen and oxygen atoms in total. The molecule has 0 bridgehead atoms. The summed E-state index contributed by atoms with van der Waals surface area (Å²) in [5, 5.41) is 0. The first kappa shape index (κ1) is 13.3. The van der Waals surface area contributed by atoms with Crippen LogP contribution in [0.4, 0.5) is 0 Å². The van der Waals surface area contributed by atoms with Gasteiger partial charge in [-0.05, 0) is 50.6 Å². The molecule has 0 aromatic rings. The number of ether oxygens (including phenoxy) is 1. The van der Waals surface area contributed by atoms with Crippen LogP contribution in [-0.4, -0.2) is 43.3 Å². The van der Waals surface area contributed by atoms with Gasteiger partial charge in [-0.3, -0.25) is 4.90 Å². The molecule has 0 aromatic carbocycles. The SMILES string of the molecule is COC1CC(CN)(N2CCC(C(C)C)CC2)C1. The minimum absolute atomic E-state index is 0.266. The second-order valence-electron chi connectivity index (χ2n) is 6.26. The van der Waals surface area contributed by atoms with Crippen molar-refractivity contribution in [2.75, 3.05) is 26.7 Å². The summed E-state index contributed by atoms with van der Waals surface area (Å²) in [6.07, 6.45) is 5.40. The summed E-state index contributed by atoms with van der Waals surface area (Å²) >= 11 is 0. The summed E-state index contributed by atoms with van der Waals surface area (Å²) in [5.41, 5.74) is 6.28. The van der Waals surface area contributed by atoms with Crippen LogP contribution in [0.15, 0.2) is 0 Å². The number of methoxy groups -OCH3 is 1. The number of nitrogens with two attached hydrogens (primary N) is 1. The zero-order valence-electron chi connectivity index (χ0n) is 11.6. The van der Waals surface area contributed by atoms with E-state index in [-0.39, 0.29) is 5.54 Å². The van der Waals surface area contributed by atoms with Gasteiger partial charge in [0.15, 0.2) is 0 Å². The van der Waals surface area contributed by atoms with Crippen LogP contribution in [0.25, 0.3) is 0 Å². The lowest BCUT2D eigenvalue weighted by atomic mass is 9.71. The summed E-state index contributed by atoms with van der Waals surface area (Å²) in [6.45, 7) is 7.96. The van der Waals surface area contributed by atoms with Crippen molar-refractivity contribution < 1.29 is 4.74 Å². The molecular weight excluding hydrogens is 212 g/mol. The van der Waals surface area contributed by atoms with Crippen LogP contribution in [0.3, 0.4) is 0 Å². The van der Waals surface area contributed by atoms with Crippen LogP contribution in [0, 0.1) is 11.8 Å². The zero-order valence-corrected chi connectivity index (χ0v) is 11.6. The van der Waals surface area contributed by atoms with Crippen molar-refractivity contribution in [3.05, 3.63) is 0 Å². The van der Waals surface area contributed by atoms with Crippen molar-refractivity contribution in [3.8, 4) is 0 Å². The number of likely N-dealkylation sites (tertiary alicyclic amines) is 1. The fraction of sp³-hybridized carbons (Fsp3) is 1.00. The minimum atomic E-state index is 0.266. The van der Waals surface area contributed by atoms with Crippen LogP contribution >= 0.6 is 0 Å². The molecule has 1 saturated heterocycles. The van der Waals surface area contributed by atoms with Gasteiger partial charge in [0, 0.05) is 19.2 Å². The molecule has 2 N–H and O–H groups in total. The van der Waals surface area contributed by atoms with Crippen molar-refractivity contribution in [3.63, 3.8) is 0 Å². The van der Waals surface area contributed by atoms with Gasteiger partial charge in [-0.25, -0.2) is 0 Å². The smallest absolute Gasteiger partial charge is 0.0607 e. The molecule has 0 amide bonds. The lowest BCUT2D eigenvalue weighted by Crippen LogP contribution is -2.65. The van der Waals surface area contributed by atoms with E-state index in [1.54, 1.807) is 0 Å². The Morgan fingerprint density at radius 1 is 1.29 bits per heavy atom. The van der Waals surface area contributed by atoms with Gasteiger partial charge >= 0.3 is 0 Å². The molecule has 2 fully saturated rings. The van der Waals surface area contributed by atoms with Crippen LogP contribution in [0.2, 0.25) is 0 Å². The third-order valence-corrected chi connectivity index (χ3v) is 5.08. The Labute approximate surface area is 106 Å². The summed E-state index contributed by atoms with van der Waals surface area (Å²) in [6, 6.07) is 0. The van der Waals surface area contributed by atoms with E-state index < -0.39 is 0 Å². The fourth-order valence-corrected chi connectivity index (χ4v) is 3.55. The monoisotopic (exact) mass is 240 g/mol. The van der Waals surface area contributed by atoms with Crippen LogP contribution in [0.1, 0.15) is 39.5 Å². The molecule has 0 unspecified atom stereocenters. The number of hydrogen-bond acceptors (Lipinski definition) is 3. The molecule has 0 atom stereocenters. The summed E-state index contributed by atoms with van der Waals surface area (Å²) in [4.78, 5) is 2.64. The van der Waals surface area contributed by atoms with Crippen LogP contribution in [-0.2, 0) is 4.74 Å². The van der Waals surface area contributed by atoms with E-state index in [1.165, 1.54) is 25.9 Å². The normalized spacial score (nSPS) is 36.2. The largest absolute Gasteiger partial charge is 0.381 e. The first-order valence-electron chi connectivity index (χ1n) is 7.09. The Kier molecular flexibility index (Phi) is 4.11. The average Bonchev–Trinajstić information content (AvgIpc) is 2.29. The topological polar surface area (TPSA) is 38.5 Å². The number of piperidine rings is 1. The second-order valence-corrected chi connectivity index (χ2v) is 6.26. The highest BCUT2D eigenvalue weighted by Gasteiger charge is 2.48. The Hall–Kier alpha value is -0.120. The third kappa shape index (κ3) is 2.51. The van der Waals surface area contributed by atoms with Crippen molar-refractivity contribution in [1.29, 1.82) is 0 Å². The van der Waals surface area contributed by atoms with E-state index in [2.05, 4.69) is 18.7 Å². The highest BCUT2D eigenvalue weighted by Crippen LogP contribution is 2.41. The molecule has 2 rings (SSSR count). The highest BCUT2D eigenvalue weighted by atomic mass is 16.5. The van der Waals surface area contributed by atoms with Gasteiger partial charge in [0.2, 0.25) is 0 Å². The van der Waals surface area contributed by atoms with Gasteiger partial charge in [-0.2, -0.15) is 0 Å². The molecule has 100 valence electrons. The maximum atomic E-state index is 6.01. The predicted octanol–water partition coefficient (Wildman–Crippen LogP) is 1.86. The van der Waals surface area contributed by atoms with Gasteiger partial charge in [0.1, 0.15) is 0 Å². The minimum Gasteiger partial charge on any atom is -0.381 e. The standard InChI is InChI=1S/C14H28N2O/c1-11(2)12-4-6-16(7-5-12)14(10-15)8-13(9-14)17-3/h11-13H,4-10,15H2,1-3H3. The van der Waals surface area contributed by atoms with E-state index in [1.807, 2.05) is 7.11 Å². The van der Waals surface area contributed by atoms with Gasteiger partial charge < -0.3 is 10.5 Å². The quantitative estimate of drug-likeness (QED) is 0.815. The van der Waals surface area contributed by atoms with Gasteiger partial charge in [-0.1, -0.05) is 13.8 Å². The molecular formula is C14H28N2O. The highest BCUT2D eigenvalue weighted by molar-refractivity contribution is 5.05. The molecule has 2 aliphatic rings. The number of nitrogens with zero attached hydrogens (tertiary/aromatic N) is 1. The molecule has 0 radical (unpaired) electrons. The first-order valence-corrected chi connectivity index (χ1v) is 7.09. The Balaban J connectivity index is 1.87. The van der Waals surface area contributed by atoms with Crippen LogP contribution < -0.4 is 5.73 Å². The average molecular weight is 240 g/mol. The van der Waals surface area contributed by atoms with E-state index in [4.69, 9.17) is 10.5 Å². The zero-order chi connectivity index (χ0) is 12.5. The first-order chi connectivity index (χ1) is 8.11. The second kappa shape index (κ2) is 5.25. The summed E-state index contributed by atoms with van der Waals surface area (Å²) in [5.74, 6) is 1.75. The third-order valence-electron chi connectivity index (χ3n) is 5.08. The Morgan fingerprint density at radius 2 is 1.88 bits per heavy atom. The van der Waals surface area contributed by atoms with Gasteiger partial charge in [-0.15, -0.1) is 0 Å². The molecule has 0 aromatic heterocycles. The maximum Gasteiger partial charge on any atom is 0.0607 e. The summed E-state index contributed by atoms with van der Waals surface area (Å²) < 4.78 is 5.41. The van der Waals surface area contributed by atoms with E-state index in [0.29, 0.717) is 6.10 Å². The maximum absolute atomic E-state index is 6.01. The molecule has 1 heterocycles. The van der Waals surface area contributed by atoms with Crippen LogP contribution in [0.5, 0.6) is 0 Å². The van der Waals surface area contributed by atoms with E-state index in [9.17, 15) is 0 Å². The van der Waals surface area contributed by atoms with E-state index >= 15 is 0 Å². The Morgan fingerprint density at radius 3 is 2.29 bits per heavy atom. The van der Waals surface area contributed by atoms with Gasteiger partial charge in [0.25, 0.3) is 0 Å². The Bertz CT molecular complexity index is 241. The molecule has 0 spiro atoms. The van der Waals surface area contributed by atoms with Crippen molar-refractivity contribution in [2.45, 2.75) is 51.2 Å². The van der Waals surface area contributed by atoms with E-state index in [0.717, 1.165) is 31.2 Å². The lowest BCUT2D eigenvalue weighted by molar-refractivity contribution is -0.0976. The molecule has 3 heteroatoms. The lowest BCUT2D eigenvalue weighted by Gasteiger charge is -2.55. The fourth-order valence-electron chi connectivity index (χ4n) is 3.55. The van der Waals surface area contributed by atoms with Gasteiger partial charge in [0.05, 0.1) is 6.10 Å². The molecule has 1 saturated carbocycles.